The smallest absolute Gasteiger partial charge is 0.187 e. The van der Waals surface area contributed by atoms with Gasteiger partial charge in [-0.3, -0.25) is 4.79 Å². The van der Waals surface area contributed by atoms with Crippen molar-refractivity contribution in [2.75, 3.05) is 28.2 Å². The zero-order chi connectivity index (χ0) is 10.7. The third-order valence-electron chi connectivity index (χ3n) is 2.08. The Hall–Kier alpha value is -1.25. The molecule has 0 N–H and O–H groups in total. The number of allylic oxidation sites excluding steroid dienone is 2. The SMILES string of the molecule is CN(C)C=C1CCC(=CN(C)C)C1=O. The van der Waals surface area contributed by atoms with Crippen molar-refractivity contribution in [3.8, 4) is 0 Å². The number of rotatable bonds is 2. The Morgan fingerprint density at radius 2 is 1.29 bits per heavy atom. The summed E-state index contributed by atoms with van der Waals surface area (Å²) in [6.45, 7) is 0. The second-order valence-corrected chi connectivity index (χ2v) is 4.07. The fraction of sp³-hybridized carbons (Fsp3) is 0.545. The van der Waals surface area contributed by atoms with Crippen molar-refractivity contribution in [1.29, 1.82) is 0 Å². The number of Topliss-reactive ketones (excluding diaryl/α,β-unsaturated/α-hetero) is 1. The van der Waals surface area contributed by atoms with Gasteiger partial charge in [-0.1, -0.05) is 0 Å². The Labute approximate surface area is 85.7 Å². The zero-order valence-corrected chi connectivity index (χ0v) is 9.37. The fourth-order valence-electron chi connectivity index (χ4n) is 1.57. The Bertz CT molecular complexity index is 260. The largest absolute Gasteiger partial charge is 0.383 e. The van der Waals surface area contributed by atoms with Gasteiger partial charge in [-0.05, 0) is 12.8 Å². The highest BCUT2D eigenvalue weighted by atomic mass is 16.1. The highest BCUT2D eigenvalue weighted by molar-refractivity contribution is 6.10. The van der Waals surface area contributed by atoms with Crippen LogP contribution in [0.2, 0.25) is 0 Å². The van der Waals surface area contributed by atoms with Crippen LogP contribution in [0.5, 0.6) is 0 Å². The number of ketones is 1. The lowest BCUT2D eigenvalue weighted by molar-refractivity contribution is -0.111. The van der Waals surface area contributed by atoms with E-state index in [0.717, 1.165) is 24.0 Å². The normalized spacial score (nSPS) is 22.1. The lowest BCUT2D eigenvalue weighted by atomic mass is 10.2. The Kier molecular flexibility index (Phi) is 3.33. The maximum absolute atomic E-state index is 11.8. The molecular formula is C11H18N2O. The minimum absolute atomic E-state index is 0.201. The maximum atomic E-state index is 11.8. The molecule has 0 spiro atoms. The summed E-state index contributed by atoms with van der Waals surface area (Å²) in [7, 11) is 7.75. The van der Waals surface area contributed by atoms with Crippen LogP contribution in [-0.4, -0.2) is 43.8 Å². The van der Waals surface area contributed by atoms with E-state index in [2.05, 4.69) is 0 Å². The summed E-state index contributed by atoms with van der Waals surface area (Å²) in [5.41, 5.74) is 1.84. The Morgan fingerprint density at radius 3 is 1.57 bits per heavy atom. The van der Waals surface area contributed by atoms with E-state index in [1.54, 1.807) is 0 Å². The predicted octanol–water partition coefficient (Wildman–Crippen LogP) is 1.24. The monoisotopic (exact) mass is 194 g/mol. The quantitative estimate of drug-likeness (QED) is 0.618. The van der Waals surface area contributed by atoms with E-state index in [4.69, 9.17) is 0 Å². The first-order valence-electron chi connectivity index (χ1n) is 4.79. The van der Waals surface area contributed by atoms with Crippen LogP contribution in [0, 0.1) is 0 Å². The molecule has 1 saturated carbocycles. The van der Waals surface area contributed by atoms with Gasteiger partial charge in [-0.2, -0.15) is 0 Å². The molecule has 0 aromatic carbocycles. The summed E-state index contributed by atoms with van der Waals surface area (Å²) < 4.78 is 0. The number of carbonyl (C=O) groups is 1. The summed E-state index contributed by atoms with van der Waals surface area (Å²) in [5, 5.41) is 0. The van der Waals surface area contributed by atoms with Gasteiger partial charge in [0, 0.05) is 51.7 Å². The molecule has 0 heterocycles. The molecule has 0 radical (unpaired) electrons. The summed E-state index contributed by atoms with van der Waals surface area (Å²) in [6.07, 6.45) is 5.57. The first kappa shape index (κ1) is 10.8. The second-order valence-electron chi connectivity index (χ2n) is 4.07. The number of hydrogen-bond acceptors (Lipinski definition) is 3. The van der Waals surface area contributed by atoms with Crippen LogP contribution >= 0.6 is 0 Å². The molecular weight excluding hydrogens is 176 g/mol. The van der Waals surface area contributed by atoms with Gasteiger partial charge in [0.15, 0.2) is 5.78 Å². The van der Waals surface area contributed by atoms with Gasteiger partial charge < -0.3 is 9.80 Å². The minimum Gasteiger partial charge on any atom is -0.383 e. The van der Waals surface area contributed by atoms with Gasteiger partial charge in [-0.15, -0.1) is 0 Å². The van der Waals surface area contributed by atoms with Gasteiger partial charge in [0.05, 0.1) is 0 Å². The van der Waals surface area contributed by atoms with E-state index in [0.29, 0.717) is 0 Å². The molecule has 0 aromatic rings. The van der Waals surface area contributed by atoms with Crippen molar-refractivity contribution in [2.24, 2.45) is 0 Å². The van der Waals surface area contributed by atoms with Gasteiger partial charge in [0.1, 0.15) is 0 Å². The van der Waals surface area contributed by atoms with Crippen molar-refractivity contribution in [2.45, 2.75) is 12.8 Å². The van der Waals surface area contributed by atoms with Gasteiger partial charge >= 0.3 is 0 Å². The molecule has 0 atom stereocenters. The maximum Gasteiger partial charge on any atom is 0.187 e. The summed E-state index contributed by atoms with van der Waals surface area (Å²) in [4.78, 5) is 15.6. The molecule has 0 saturated heterocycles. The minimum atomic E-state index is 0.201. The van der Waals surface area contributed by atoms with E-state index in [9.17, 15) is 4.79 Å². The molecule has 1 aliphatic rings. The van der Waals surface area contributed by atoms with Crippen LogP contribution in [0.15, 0.2) is 23.5 Å². The average Bonchev–Trinajstić information content (AvgIpc) is 2.34. The molecule has 0 aromatic heterocycles. The lowest BCUT2D eigenvalue weighted by Gasteiger charge is -2.06. The molecule has 0 amide bonds. The average molecular weight is 194 g/mol. The van der Waals surface area contributed by atoms with Crippen LogP contribution in [0.4, 0.5) is 0 Å². The summed E-state index contributed by atoms with van der Waals surface area (Å²) >= 11 is 0. The van der Waals surface area contributed by atoms with E-state index in [-0.39, 0.29) is 5.78 Å². The van der Waals surface area contributed by atoms with Crippen molar-refractivity contribution in [3.05, 3.63) is 23.5 Å². The van der Waals surface area contributed by atoms with E-state index in [1.165, 1.54) is 0 Å². The molecule has 3 heteroatoms. The van der Waals surface area contributed by atoms with Gasteiger partial charge in [0.2, 0.25) is 0 Å². The molecule has 1 fully saturated rings. The third-order valence-corrected chi connectivity index (χ3v) is 2.08. The first-order valence-corrected chi connectivity index (χ1v) is 4.79. The van der Waals surface area contributed by atoms with Crippen molar-refractivity contribution in [3.63, 3.8) is 0 Å². The van der Waals surface area contributed by atoms with Crippen LogP contribution in [0.3, 0.4) is 0 Å². The lowest BCUT2D eigenvalue weighted by Crippen LogP contribution is -2.08. The van der Waals surface area contributed by atoms with E-state index >= 15 is 0 Å². The highest BCUT2D eigenvalue weighted by Gasteiger charge is 2.23. The van der Waals surface area contributed by atoms with Crippen molar-refractivity contribution >= 4 is 5.78 Å². The van der Waals surface area contributed by atoms with Crippen LogP contribution in [-0.2, 0) is 4.79 Å². The van der Waals surface area contributed by atoms with E-state index < -0.39 is 0 Å². The Morgan fingerprint density at radius 1 is 0.929 bits per heavy atom. The summed E-state index contributed by atoms with van der Waals surface area (Å²) in [5.74, 6) is 0.201. The highest BCUT2D eigenvalue weighted by Crippen LogP contribution is 2.26. The van der Waals surface area contributed by atoms with Crippen molar-refractivity contribution in [1.82, 2.24) is 9.80 Å². The van der Waals surface area contributed by atoms with E-state index in [1.807, 2.05) is 50.4 Å². The molecule has 0 aliphatic heterocycles. The predicted molar refractivity (Wildman–Crippen MR) is 57.8 cm³/mol. The first-order chi connectivity index (χ1) is 6.50. The topological polar surface area (TPSA) is 23.6 Å². The molecule has 14 heavy (non-hydrogen) atoms. The van der Waals surface area contributed by atoms with Gasteiger partial charge in [0.25, 0.3) is 0 Å². The third kappa shape index (κ3) is 2.62. The standard InChI is InChI=1S/C11H18N2O/c1-12(2)7-9-5-6-10(11(9)14)8-13(3)4/h7-8H,5-6H2,1-4H3. The molecule has 3 nitrogen and oxygen atoms in total. The zero-order valence-electron chi connectivity index (χ0n) is 9.37. The number of nitrogens with zero attached hydrogens (tertiary/aromatic N) is 2. The van der Waals surface area contributed by atoms with Crippen LogP contribution in [0.1, 0.15) is 12.8 Å². The fourth-order valence-corrected chi connectivity index (χ4v) is 1.57. The van der Waals surface area contributed by atoms with Gasteiger partial charge in [-0.25, -0.2) is 0 Å². The van der Waals surface area contributed by atoms with Crippen LogP contribution in [0.25, 0.3) is 0 Å². The van der Waals surface area contributed by atoms with Crippen LogP contribution < -0.4 is 0 Å². The second kappa shape index (κ2) is 4.31. The number of carbonyl (C=O) groups excluding carboxylic acids is 1. The summed E-state index contributed by atoms with van der Waals surface area (Å²) in [6, 6.07) is 0. The van der Waals surface area contributed by atoms with Crippen molar-refractivity contribution < 1.29 is 4.79 Å². The molecule has 1 rings (SSSR count). The Balaban J connectivity index is 2.79. The molecule has 0 bridgehead atoms. The molecule has 78 valence electrons. The molecule has 0 unspecified atom stereocenters. The number of hydrogen-bond donors (Lipinski definition) is 0. The molecule has 1 aliphatic carbocycles.